The van der Waals surface area contributed by atoms with Gasteiger partial charge < -0.3 is 10.3 Å². The van der Waals surface area contributed by atoms with E-state index in [4.69, 9.17) is 0 Å². The maximum atomic E-state index is 11.8. The highest BCUT2D eigenvalue weighted by Crippen LogP contribution is 2.21. The molecule has 0 unspecified atom stereocenters. The normalized spacial score (nSPS) is 17.9. The summed E-state index contributed by atoms with van der Waals surface area (Å²) in [5.41, 5.74) is 3.73. The molecule has 4 heteroatoms. The Morgan fingerprint density at radius 1 is 1.16 bits per heavy atom. The fourth-order valence-corrected chi connectivity index (χ4v) is 3.56. The quantitative estimate of drug-likeness (QED) is 0.768. The number of aromatic nitrogens is 1. The molecule has 1 atom stereocenters. The second-order valence-electron chi connectivity index (χ2n) is 6.96. The summed E-state index contributed by atoms with van der Waals surface area (Å²) in [4.78, 5) is 17.0. The molecule has 2 heterocycles. The number of anilines is 1. The molecule has 2 N–H and O–H groups in total. The number of aryl methyl sites for hydroxylation is 1. The molecular weight excluding hydrogens is 310 g/mol. The number of nitrogens with one attached hydrogen (secondary N) is 2. The lowest BCUT2D eigenvalue weighted by Crippen LogP contribution is -2.26. The first kappa shape index (κ1) is 15.9. The third-order valence-electron chi connectivity index (χ3n) is 4.94. The number of fused-ring (bicyclic) bond motifs is 1. The van der Waals surface area contributed by atoms with Crippen LogP contribution in [0, 0.1) is 6.92 Å². The molecule has 1 aliphatic heterocycles. The number of pyridine rings is 1. The fourth-order valence-electron chi connectivity index (χ4n) is 3.56. The lowest BCUT2D eigenvalue weighted by Gasteiger charge is -2.18. The van der Waals surface area contributed by atoms with Gasteiger partial charge in [0.25, 0.3) is 5.56 Å². The first-order valence-electron chi connectivity index (χ1n) is 8.83. The Morgan fingerprint density at radius 3 is 2.84 bits per heavy atom. The Labute approximate surface area is 147 Å². The van der Waals surface area contributed by atoms with Crippen LogP contribution in [0.4, 0.5) is 5.69 Å². The molecular formula is C21H23N3O. The van der Waals surface area contributed by atoms with Crippen LogP contribution in [0.1, 0.15) is 17.5 Å². The van der Waals surface area contributed by atoms with Gasteiger partial charge in [0, 0.05) is 42.9 Å². The van der Waals surface area contributed by atoms with Gasteiger partial charge >= 0.3 is 0 Å². The second kappa shape index (κ2) is 6.73. The van der Waals surface area contributed by atoms with Gasteiger partial charge in [-0.1, -0.05) is 29.8 Å². The van der Waals surface area contributed by atoms with Crippen LogP contribution in [0.3, 0.4) is 0 Å². The minimum Gasteiger partial charge on any atom is -0.381 e. The van der Waals surface area contributed by atoms with Crippen LogP contribution in [0.5, 0.6) is 0 Å². The van der Waals surface area contributed by atoms with Crippen molar-refractivity contribution in [2.75, 3.05) is 18.4 Å². The molecule has 4 rings (SSSR count). The van der Waals surface area contributed by atoms with Crippen LogP contribution >= 0.6 is 0 Å². The molecule has 4 nitrogen and oxygen atoms in total. The topological polar surface area (TPSA) is 48.1 Å². The number of likely N-dealkylation sites (tertiary alicyclic amines) is 1. The number of nitrogens with zero attached hydrogens (tertiary/aromatic N) is 1. The highest BCUT2D eigenvalue weighted by atomic mass is 16.1. The first-order valence-corrected chi connectivity index (χ1v) is 8.83. The predicted molar refractivity (Wildman–Crippen MR) is 103 cm³/mol. The van der Waals surface area contributed by atoms with Crippen LogP contribution in [0.2, 0.25) is 0 Å². The van der Waals surface area contributed by atoms with Gasteiger partial charge in [-0.05, 0) is 48.6 Å². The Hall–Kier alpha value is -2.59. The molecule has 1 saturated heterocycles. The van der Waals surface area contributed by atoms with Crippen molar-refractivity contribution in [3.63, 3.8) is 0 Å². The summed E-state index contributed by atoms with van der Waals surface area (Å²) in [7, 11) is 0. The molecule has 0 bridgehead atoms. The monoisotopic (exact) mass is 333 g/mol. The van der Waals surface area contributed by atoms with E-state index in [1.54, 1.807) is 6.20 Å². The van der Waals surface area contributed by atoms with Crippen LogP contribution in [0.25, 0.3) is 10.8 Å². The molecule has 1 fully saturated rings. The molecule has 25 heavy (non-hydrogen) atoms. The third-order valence-corrected chi connectivity index (χ3v) is 4.94. The van der Waals surface area contributed by atoms with Crippen molar-refractivity contribution in [1.82, 2.24) is 9.88 Å². The molecule has 0 aliphatic carbocycles. The lowest BCUT2D eigenvalue weighted by atomic mass is 10.1. The van der Waals surface area contributed by atoms with Crippen molar-refractivity contribution < 1.29 is 0 Å². The van der Waals surface area contributed by atoms with Crippen LogP contribution in [-0.4, -0.2) is 29.0 Å². The molecule has 128 valence electrons. The van der Waals surface area contributed by atoms with Gasteiger partial charge in [0.05, 0.1) is 0 Å². The SMILES string of the molecule is Cc1ccc(CN2CC[C@H](Nc3ccc4c(=O)[nH]ccc4c3)C2)cc1. The summed E-state index contributed by atoms with van der Waals surface area (Å²) in [6.45, 7) is 5.28. The Bertz CT molecular complexity index is 930. The smallest absolute Gasteiger partial charge is 0.255 e. The molecule has 0 spiro atoms. The van der Waals surface area contributed by atoms with Gasteiger partial charge in [-0.25, -0.2) is 0 Å². The summed E-state index contributed by atoms with van der Waals surface area (Å²) in [5.74, 6) is 0. The summed E-state index contributed by atoms with van der Waals surface area (Å²) < 4.78 is 0. The van der Waals surface area contributed by atoms with Gasteiger partial charge in [-0.15, -0.1) is 0 Å². The van der Waals surface area contributed by atoms with E-state index < -0.39 is 0 Å². The number of aromatic amines is 1. The van der Waals surface area contributed by atoms with Gasteiger partial charge in [0.1, 0.15) is 0 Å². The van der Waals surface area contributed by atoms with Crippen molar-refractivity contribution in [1.29, 1.82) is 0 Å². The largest absolute Gasteiger partial charge is 0.381 e. The van der Waals surface area contributed by atoms with Gasteiger partial charge in [0.2, 0.25) is 0 Å². The standard InChI is InChI=1S/C21H23N3O/c1-15-2-4-16(5-3-15)13-24-11-9-19(14-24)23-18-6-7-20-17(12-18)8-10-22-21(20)25/h2-8,10,12,19,23H,9,11,13-14H2,1H3,(H,22,25)/t19-/m0/s1. The average molecular weight is 333 g/mol. The van der Waals surface area contributed by atoms with E-state index >= 15 is 0 Å². The van der Waals surface area contributed by atoms with Crippen molar-refractivity contribution in [3.8, 4) is 0 Å². The molecule has 3 aromatic rings. The van der Waals surface area contributed by atoms with Crippen molar-refractivity contribution in [2.45, 2.75) is 25.9 Å². The molecule has 1 aromatic heterocycles. The minimum absolute atomic E-state index is 0.0332. The zero-order chi connectivity index (χ0) is 17.2. The fraction of sp³-hybridized carbons (Fsp3) is 0.286. The highest BCUT2D eigenvalue weighted by Gasteiger charge is 2.22. The number of rotatable bonds is 4. The van der Waals surface area contributed by atoms with Gasteiger partial charge in [0.15, 0.2) is 0 Å². The van der Waals surface area contributed by atoms with E-state index in [-0.39, 0.29) is 5.56 Å². The maximum absolute atomic E-state index is 11.8. The zero-order valence-electron chi connectivity index (χ0n) is 14.5. The minimum atomic E-state index is -0.0332. The summed E-state index contributed by atoms with van der Waals surface area (Å²) in [6.07, 6.45) is 2.84. The van der Waals surface area contributed by atoms with Gasteiger partial charge in [-0.3, -0.25) is 9.69 Å². The maximum Gasteiger partial charge on any atom is 0.255 e. The number of benzene rings is 2. The van der Waals surface area contributed by atoms with Crippen LogP contribution in [0.15, 0.2) is 59.5 Å². The summed E-state index contributed by atoms with van der Waals surface area (Å²) >= 11 is 0. The first-order chi connectivity index (χ1) is 12.2. The van der Waals surface area contributed by atoms with Gasteiger partial charge in [-0.2, -0.15) is 0 Å². The highest BCUT2D eigenvalue weighted by molar-refractivity contribution is 5.84. The average Bonchev–Trinajstić information content (AvgIpc) is 3.04. The lowest BCUT2D eigenvalue weighted by molar-refractivity contribution is 0.328. The zero-order valence-corrected chi connectivity index (χ0v) is 14.5. The molecule has 0 radical (unpaired) electrons. The Balaban J connectivity index is 1.40. The number of hydrogen-bond acceptors (Lipinski definition) is 3. The molecule has 0 saturated carbocycles. The molecule has 1 aliphatic rings. The van der Waals surface area contributed by atoms with E-state index in [9.17, 15) is 4.79 Å². The Kier molecular flexibility index (Phi) is 4.28. The second-order valence-corrected chi connectivity index (χ2v) is 6.96. The van der Waals surface area contributed by atoms with E-state index in [0.717, 1.165) is 42.5 Å². The van der Waals surface area contributed by atoms with E-state index in [1.807, 2.05) is 18.2 Å². The number of hydrogen-bond donors (Lipinski definition) is 2. The third kappa shape index (κ3) is 3.59. The Morgan fingerprint density at radius 2 is 2.00 bits per heavy atom. The van der Waals surface area contributed by atoms with Crippen molar-refractivity contribution in [2.24, 2.45) is 0 Å². The van der Waals surface area contributed by atoms with Crippen molar-refractivity contribution >= 4 is 16.5 Å². The molecule has 0 amide bonds. The van der Waals surface area contributed by atoms with Crippen molar-refractivity contribution in [3.05, 3.63) is 76.2 Å². The van der Waals surface area contributed by atoms with E-state index in [0.29, 0.717) is 6.04 Å². The summed E-state index contributed by atoms with van der Waals surface area (Å²) in [6, 6.07) is 17.2. The summed E-state index contributed by atoms with van der Waals surface area (Å²) in [5, 5.41) is 5.34. The molecule has 2 aromatic carbocycles. The predicted octanol–water partition coefficient (Wildman–Crippen LogP) is 3.52. The van der Waals surface area contributed by atoms with Crippen LogP contribution in [-0.2, 0) is 6.54 Å². The van der Waals surface area contributed by atoms with E-state index in [2.05, 4.69) is 52.5 Å². The number of H-pyrrole nitrogens is 1. The van der Waals surface area contributed by atoms with Crippen LogP contribution < -0.4 is 10.9 Å². The van der Waals surface area contributed by atoms with E-state index in [1.165, 1.54) is 11.1 Å².